The lowest BCUT2D eigenvalue weighted by Crippen LogP contribution is -1.96. The summed E-state index contributed by atoms with van der Waals surface area (Å²) in [5, 5.41) is 8.42. The molecule has 0 heterocycles. The van der Waals surface area contributed by atoms with Gasteiger partial charge in [-0.15, -0.1) is 0 Å². The molecule has 1 N–H and O–H groups in total. The molecule has 3 heteroatoms. The number of Topliss-reactive ketones (excluding diaryl/α,β-unsaturated/α-hetero) is 1. The summed E-state index contributed by atoms with van der Waals surface area (Å²) in [7, 11) is 0. The summed E-state index contributed by atoms with van der Waals surface area (Å²) < 4.78 is 0. The van der Waals surface area contributed by atoms with Crippen molar-refractivity contribution in [2.24, 2.45) is 0 Å². The fourth-order valence-electron chi connectivity index (χ4n) is 1.52. The number of carboxylic acid groups (broad SMARTS) is 1. The van der Waals surface area contributed by atoms with Gasteiger partial charge in [0.2, 0.25) is 0 Å². The maximum Gasteiger partial charge on any atom is 0.303 e. The summed E-state index contributed by atoms with van der Waals surface area (Å²) in [6.07, 6.45) is 11.1. The normalized spacial score (nSPS) is 10.9. The van der Waals surface area contributed by atoms with Crippen molar-refractivity contribution in [3.8, 4) is 0 Å². The Bertz CT molecular complexity index is 244. The van der Waals surface area contributed by atoms with Gasteiger partial charge in [-0.05, 0) is 32.1 Å². The topological polar surface area (TPSA) is 54.4 Å². The number of allylic oxidation sites excluding steroid dienone is 2. The molecule has 0 fully saturated rings. The Hall–Kier alpha value is -1.12. The molecule has 0 aromatic rings. The summed E-state index contributed by atoms with van der Waals surface area (Å²) in [5.41, 5.74) is 0. The number of ketones is 1. The third kappa shape index (κ3) is 12.8. The predicted molar refractivity (Wildman–Crippen MR) is 69.0 cm³/mol. The number of carbonyl (C=O) groups excluding carboxylic acids is 1. The Kier molecular flexibility index (Phi) is 10.6. The molecular weight excluding hydrogens is 216 g/mol. The molecule has 0 radical (unpaired) electrons. The first kappa shape index (κ1) is 15.9. The van der Waals surface area contributed by atoms with Gasteiger partial charge in [-0.2, -0.15) is 0 Å². The van der Waals surface area contributed by atoms with E-state index in [1.807, 2.05) is 6.08 Å². The average molecular weight is 240 g/mol. The van der Waals surface area contributed by atoms with Gasteiger partial charge in [-0.3, -0.25) is 9.59 Å². The largest absolute Gasteiger partial charge is 0.481 e. The van der Waals surface area contributed by atoms with Crippen molar-refractivity contribution in [3.05, 3.63) is 12.2 Å². The molecular formula is C14H24O3. The van der Waals surface area contributed by atoms with E-state index in [4.69, 9.17) is 5.11 Å². The monoisotopic (exact) mass is 240 g/mol. The second-order valence-electron chi connectivity index (χ2n) is 4.29. The van der Waals surface area contributed by atoms with E-state index >= 15 is 0 Å². The first-order valence-corrected chi connectivity index (χ1v) is 6.55. The summed E-state index contributed by atoms with van der Waals surface area (Å²) >= 11 is 0. The van der Waals surface area contributed by atoms with Crippen LogP contribution < -0.4 is 0 Å². The standard InChI is InChI=1S/C14H24O3/c1-2-3-10-13(15)11-8-6-4-5-7-9-12-14(16)17/h4-5H,2-3,6-12H2,1H3,(H,16,17). The maximum atomic E-state index is 11.3. The molecule has 0 aromatic heterocycles. The van der Waals surface area contributed by atoms with Gasteiger partial charge in [-0.1, -0.05) is 25.5 Å². The highest BCUT2D eigenvalue weighted by atomic mass is 16.4. The van der Waals surface area contributed by atoms with Crippen LogP contribution in [-0.2, 0) is 9.59 Å². The van der Waals surface area contributed by atoms with Crippen LogP contribution in [0.5, 0.6) is 0 Å². The average Bonchev–Trinajstić information content (AvgIpc) is 2.29. The van der Waals surface area contributed by atoms with E-state index < -0.39 is 5.97 Å². The number of hydrogen-bond donors (Lipinski definition) is 1. The van der Waals surface area contributed by atoms with Gasteiger partial charge in [0.25, 0.3) is 0 Å². The zero-order valence-electron chi connectivity index (χ0n) is 10.8. The molecule has 0 rings (SSSR count). The van der Waals surface area contributed by atoms with Crippen LogP contribution >= 0.6 is 0 Å². The Labute approximate surface area is 104 Å². The molecule has 0 spiro atoms. The number of unbranched alkanes of at least 4 members (excludes halogenated alkanes) is 3. The van der Waals surface area contributed by atoms with Crippen molar-refractivity contribution >= 4 is 11.8 Å². The number of hydrogen-bond acceptors (Lipinski definition) is 2. The molecule has 0 unspecified atom stereocenters. The molecule has 98 valence electrons. The van der Waals surface area contributed by atoms with Crippen molar-refractivity contribution in [1.29, 1.82) is 0 Å². The van der Waals surface area contributed by atoms with Gasteiger partial charge >= 0.3 is 5.97 Å². The molecule has 0 aliphatic carbocycles. The Morgan fingerprint density at radius 3 is 2.00 bits per heavy atom. The van der Waals surface area contributed by atoms with Crippen molar-refractivity contribution in [3.63, 3.8) is 0 Å². The van der Waals surface area contributed by atoms with E-state index in [2.05, 4.69) is 13.0 Å². The Morgan fingerprint density at radius 1 is 0.941 bits per heavy atom. The maximum absolute atomic E-state index is 11.3. The molecule has 0 bridgehead atoms. The minimum atomic E-state index is -0.736. The van der Waals surface area contributed by atoms with Gasteiger partial charge in [-0.25, -0.2) is 0 Å². The summed E-state index contributed by atoms with van der Waals surface area (Å²) in [5.74, 6) is -0.369. The summed E-state index contributed by atoms with van der Waals surface area (Å²) in [4.78, 5) is 21.6. The van der Waals surface area contributed by atoms with Gasteiger partial charge in [0.05, 0.1) is 0 Å². The predicted octanol–water partition coefficient (Wildman–Crippen LogP) is 3.73. The second-order valence-corrected chi connectivity index (χ2v) is 4.29. The van der Waals surface area contributed by atoms with Gasteiger partial charge < -0.3 is 5.11 Å². The Morgan fingerprint density at radius 2 is 1.47 bits per heavy atom. The molecule has 17 heavy (non-hydrogen) atoms. The summed E-state index contributed by atoms with van der Waals surface area (Å²) in [6.45, 7) is 2.09. The number of carbonyl (C=O) groups is 2. The molecule has 0 atom stereocenters. The molecule has 0 amide bonds. The highest BCUT2D eigenvalue weighted by molar-refractivity contribution is 5.78. The first-order valence-electron chi connectivity index (χ1n) is 6.55. The quantitative estimate of drug-likeness (QED) is 0.442. The van der Waals surface area contributed by atoms with Crippen molar-refractivity contribution < 1.29 is 14.7 Å². The third-order valence-corrected chi connectivity index (χ3v) is 2.56. The van der Waals surface area contributed by atoms with Crippen molar-refractivity contribution in [2.45, 2.75) is 64.7 Å². The fourth-order valence-corrected chi connectivity index (χ4v) is 1.52. The molecule has 0 saturated heterocycles. The highest BCUT2D eigenvalue weighted by Crippen LogP contribution is 2.05. The van der Waals surface area contributed by atoms with Gasteiger partial charge in [0, 0.05) is 19.3 Å². The highest BCUT2D eigenvalue weighted by Gasteiger charge is 1.99. The van der Waals surface area contributed by atoms with Crippen LogP contribution in [0.2, 0.25) is 0 Å². The molecule has 3 nitrogen and oxygen atoms in total. The van der Waals surface area contributed by atoms with E-state index in [1.54, 1.807) is 0 Å². The van der Waals surface area contributed by atoms with E-state index in [1.165, 1.54) is 0 Å². The van der Waals surface area contributed by atoms with Crippen LogP contribution in [0.3, 0.4) is 0 Å². The number of aliphatic carboxylic acids is 1. The molecule has 0 aromatic carbocycles. The van der Waals surface area contributed by atoms with E-state index in [9.17, 15) is 9.59 Å². The van der Waals surface area contributed by atoms with Gasteiger partial charge in [0.15, 0.2) is 0 Å². The lowest BCUT2D eigenvalue weighted by Gasteiger charge is -1.97. The number of carboxylic acids is 1. The van der Waals surface area contributed by atoms with Crippen LogP contribution in [0.4, 0.5) is 0 Å². The third-order valence-electron chi connectivity index (χ3n) is 2.56. The second kappa shape index (κ2) is 11.4. The van der Waals surface area contributed by atoms with E-state index in [0.29, 0.717) is 18.6 Å². The molecule has 0 aliphatic rings. The minimum absolute atomic E-state index is 0.236. The zero-order valence-corrected chi connectivity index (χ0v) is 10.8. The van der Waals surface area contributed by atoms with Crippen LogP contribution in [0.15, 0.2) is 12.2 Å². The summed E-state index contributed by atoms with van der Waals surface area (Å²) in [6, 6.07) is 0. The van der Waals surface area contributed by atoms with Gasteiger partial charge in [0.1, 0.15) is 5.78 Å². The lowest BCUT2D eigenvalue weighted by atomic mass is 10.1. The molecule has 0 aliphatic heterocycles. The zero-order chi connectivity index (χ0) is 12.9. The molecule has 0 saturated carbocycles. The SMILES string of the molecule is CCCCC(=O)CCCC=CCCCC(=O)O. The van der Waals surface area contributed by atoms with Crippen LogP contribution in [0.25, 0.3) is 0 Å². The Balaban J connectivity index is 3.29. The fraction of sp³-hybridized carbons (Fsp3) is 0.714. The van der Waals surface area contributed by atoms with Crippen LogP contribution in [0, 0.1) is 0 Å². The van der Waals surface area contributed by atoms with Crippen LogP contribution in [-0.4, -0.2) is 16.9 Å². The first-order chi connectivity index (χ1) is 8.16. The minimum Gasteiger partial charge on any atom is -0.481 e. The lowest BCUT2D eigenvalue weighted by molar-refractivity contribution is -0.137. The van der Waals surface area contributed by atoms with Crippen molar-refractivity contribution in [1.82, 2.24) is 0 Å². The van der Waals surface area contributed by atoms with Crippen molar-refractivity contribution in [2.75, 3.05) is 0 Å². The van der Waals surface area contributed by atoms with E-state index in [-0.39, 0.29) is 6.42 Å². The van der Waals surface area contributed by atoms with E-state index in [0.717, 1.165) is 38.5 Å². The van der Waals surface area contributed by atoms with Crippen LogP contribution in [0.1, 0.15) is 64.7 Å². The number of rotatable bonds is 11. The smallest absolute Gasteiger partial charge is 0.303 e.